The molecule has 7 nitrogen and oxygen atoms in total. The van der Waals surface area contributed by atoms with Gasteiger partial charge in [-0.3, -0.25) is 14.4 Å². The standard InChI is InChI=1S/C11H15FO7/c1-5(13)16-4-8-9(17-6(2)14)10(11(12)19-8)18-7(3)15/h8-11H,4H2,1-3H3/t8-,9+,10+,11+/m1/s1. The Hall–Kier alpha value is -1.70. The molecular weight excluding hydrogens is 263 g/mol. The monoisotopic (exact) mass is 278 g/mol. The molecule has 0 unspecified atom stereocenters. The van der Waals surface area contributed by atoms with E-state index in [-0.39, 0.29) is 6.61 Å². The van der Waals surface area contributed by atoms with Gasteiger partial charge in [0.05, 0.1) is 0 Å². The molecule has 0 aromatic heterocycles. The maximum atomic E-state index is 13.6. The van der Waals surface area contributed by atoms with Gasteiger partial charge >= 0.3 is 17.9 Å². The van der Waals surface area contributed by atoms with Gasteiger partial charge in [0.1, 0.15) is 12.7 Å². The van der Waals surface area contributed by atoms with Crippen LogP contribution in [0, 0.1) is 0 Å². The molecule has 19 heavy (non-hydrogen) atoms. The zero-order valence-electron chi connectivity index (χ0n) is 10.8. The van der Waals surface area contributed by atoms with Crippen LogP contribution in [0.1, 0.15) is 20.8 Å². The van der Waals surface area contributed by atoms with Crippen molar-refractivity contribution in [2.45, 2.75) is 45.4 Å². The zero-order chi connectivity index (χ0) is 14.6. The summed E-state index contributed by atoms with van der Waals surface area (Å²) >= 11 is 0. The minimum atomic E-state index is -1.95. The minimum absolute atomic E-state index is 0.300. The first-order valence-corrected chi connectivity index (χ1v) is 5.58. The number of ether oxygens (including phenoxy) is 4. The second kappa shape index (κ2) is 6.46. The molecule has 1 fully saturated rings. The van der Waals surface area contributed by atoms with E-state index in [0.29, 0.717) is 0 Å². The van der Waals surface area contributed by atoms with E-state index in [1.165, 1.54) is 6.92 Å². The van der Waals surface area contributed by atoms with Crippen molar-refractivity contribution in [3.05, 3.63) is 0 Å². The highest BCUT2D eigenvalue weighted by Gasteiger charge is 2.50. The molecule has 1 aliphatic heterocycles. The molecule has 1 rings (SSSR count). The smallest absolute Gasteiger partial charge is 0.303 e. The summed E-state index contributed by atoms with van der Waals surface area (Å²) in [5, 5.41) is 0. The molecule has 0 spiro atoms. The van der Waals surface area contributed by atoms with Crippen molar-refractivity contribution in [1.29, 1.82) is 0 Å². The molecule has 1 heterocycles. The van der Waals surface area contributed by atoms with E-state index in [1.807, 2.05) is 0 Å². The van der Waals surface area contributed by atoms with E-state index in [4.69, 9.17) is 14.2 Å². The summed E-state index contributed by atoms with van der Waals surface area (Å²) < 4.78 is 32.7. The Labute approximate surface area is 108 Å². The average molecular weight is 278 g/mol. The molecule has 0 saturated carbocycles. The molecule has 108 valence electrons. The van der Waals surface area contributed by atoms with E-state index in [2.05, 4.69) is 4.74 Å². The summed E-state index contributed by atoms with van der Waals surface area (Å²) in [6, 6.07) is 0. The Kier molecular flexibility index (Phi) is 5.22. The second-order valence-electron chi connectivity index (χ2n) is 3.98. The van der Waals surface area contributed by atoms with E-state index in [1.54, 1.807) is 0 Å². The Morgan fingerprint density at radius 3 is 2.00 bits per heavy atom. The van der Waals surface area contributed by atoms with E-state index < -0.39 is 42.6 Å². The molecule has 1 aliphatic rings. The third-order valence-corrected chi connectivity index (χ3v) is 2.31. The number of esters is 3. The topological polar surface area (TPSA) is 88.1 Å². The van der Waals surface area contributed by atoms with Crippen LogP contribution in [0.4, 0.5) is 4.39 Å². The summed E-state index contributed by atoms with van der Waals surface area (Å²) in [4.78, 5) is 32.6. The number of carbonyl (C=O) groups excluding carboxylic acids is 3. The van der Waals surface area contributed by atoms with E-state index >= 15 is 0 Å². The Morgan fingerprint density at radius 2 is 1.53 bits per heavy atom. The fourth-order valence-electron chi connectivity index (χ4n) is 1.66. The third-order valence-electron chi connectivity index (χ3n) is 2.31. The fraction of sp³-hybridized carbons (Fsp3) is 0.727. The van der Waals surface area contributed by atoms with Crippen LogP contribution >= 0.6 is 0 Å². The summed E-state index contributed by atoms with van der Waals surface area (Å²) in [5.41, 5.74) is 0. The Morgan fingerprint density at radius 1 is 1.00 bits per heavy atom. The minimum Gasteiger partial charge on any atom is -0.463 e. The molecular formula is C11H15FO7. The summed E-state index contributed by atoms with van der Waals surface area (Å²) in [6.07, 6.45) is -5.50. The first kappa shape index (κ1) is 15.4. The quantitative estimate of drug-likeness (QED) is 0.532. The lowest BCUT2D eigenvalue weighted by Gasteiger charge is -2.21. The molecule has 8 heteroatoms. The number of rotatable bonds is 4. The molecule has 4 atom stereocenters. The molecule has 0 bridgehead atoms. The predicted molar refractivity (Wildman–Crippen MR) is 57.5 cm³/mol. The third kappa shape index (κ3) is 4.47. The van der Waals surface area contributed by atoms with Crippen molar-refractivity contribution >= 4 is 17.9 Å². The van der Waals surface area contributed by atoms with Crippen molar-refractivity contribution in [2.75, 3.05) is 6.61 Å². The zero-order valence-corrected chi connectivity index (χ0v) is 10.8. The molecule has 0 aromatic carbocycles. The lowest BCUT2D eigenvalue weighted by Crippen LogP contribution is -2.40. The van der Waals surface area contributed by atoms with Crippen molar-refractivity contribution in [2.24, 2.45) is 0 Å². The molecule has 0 amide bonds. The van der Waals surface area contributed by atoms with Gasteiger partial charge in [-0.2, -0.15) is 0 Å². The van der Waals surface area contributed by atoms with Gasteiger partial charge in [-0.15, -0.1) is 0 Å². The summed E-state index contributed by atoms with van der Waals surface area (Å²) in [6.45, 7) is 3.09. The van der Waals surface area contributed by atoms with Crippen LogP contribution in [-0.4, -0.2) is 49.2 Å². The van der Waals surface area contributed by atoms with Crippen LogP contribution in [0.2, 0.25) is 0 Å². The van der Waals surface area contributed by atoms with Crippen LogP contribution in [0.3, 0.4) is 0 Å². The molecule has 0 aliphatic carbocycles. The Balaban J connectivity index is 2.76. The van der Waals surface area contributed by atoms with Gasteiger partial charge in [-0.25, -0.2) is 4.39 Å². The van der Waals surface area contributed by atoms with Crippen LogP contribution < -0.4 is 0 Å². The number of alkyl halides is 1. The average Bonchev–Trinajstić information content (AvgIpc) is 2.53. The number of hydrogen-bond donors (Lipinski definition) is 0. The van der Waals surface area contributed by atoms with Crippen molar-refractivity contribution in [3.63, 3.8) is 0 Å². The Bertz CT molecular complexity index is 370. The summed E-state index contributed by atoms with van der Waals surface area (Å²) in [7, 11) is 0. The van der Waals surface area contributed by atoms with Crippen molar-refractivity contribution < 1.29 is 37.7 Å². The second-order valence-corrected chi connectivity index (χ2v) is 3.98. The highest BCUT2D eigenvalue weighted by atomic mass is 19.1. The van der Waals surface area contributed by atoms with Gasteiger partial charge in [0.15, 0.2) is 12.2 Å². The predicted octanol–water partition coefficient (Wildman–Crippen LogP) is 0.107. The molecule has 0 aromatic rings. The van der Waals surface area contributed by atoms with Crippen molar-refractivity contribution in [3.8, 4) is 0 Å². The van der Waals surface area contributed by atoms with Gasteiger partial charge in [0.25, 0.3) is 0 Å². The van der Waals surface area contributed by atoms with Crippen molar-refractivity contribution in [1.82, 2.24) is 0 Å². The number of hydrogen-bond acceptors (Lipinski definition) is 7. The van der Waals surface area contributed by atoms with Crippen LogP contribution in [0.5, 0.6) is 0 Å². The van der Waals surface area contributed by atoms with Crippen LogP contribution in [-0.2, 0) is 33.3 Å². The molecule has 0 N–H and O–H groups in total. The van der Waals surface area contributed by atoms with Crippen LogP contribution in [0.25, 0.3) is 0 Å². The molecule has 0 radical (unpaired) electrons. The highest BCUT2D eigenvalue weighted by molar-refractivity contribution is 5.67. The largest absolute Gasteiger partial charge is 0.463 e. The van der Waals surface area contributed by atoms with Gasteiger partial charge in [-0.1, -0.05) is 0 Å². The normalized spacial score (nSPS) is 29.7. The summed E-state index contributed by atoms with van der Waals surface area (Å²) in [5.74, 6) is -2.01. The van der Waals surface area contributed by atoms with Crippen LogP contribution in [0.15, 0.2) is 0 Å². The van der Waals surface area contributed by atoms with Gasteiger partial charge in [-0.05, 0) is 0 Å². The SMILES string of the molecule is CC(=O)OC[C@H]1O[C@H](F)[C@@H](OC(C)=O)[C@H]1OC(C)=O. The maximum Gasteiger partial charge on any atom is 0.303 e. The number of carbonyl (C=O) groups is 3. The first-order chi connectivity index (χ1) is 8.81. The van der Waals surface area contributed by atoms with E-state index in [0.717, 1.165) is 13.8 Å². The highest BCUT2D eigenvalue weighted by Crippen LogP contribution is 2.28. The lowest BCUT2D eigenvalue weighted by molar-refractivity contribution is -0.167. The lowest BCUT2D eigenvalue weighted by atomic mass is 10.1. The first-order valence-electron chi connectivity index (χ1n) is 5.58. The van der Waals surface area contributed by atoms with Gasteiger partial charge < -0.3 is 18.9 Å². The fourth-order valence-corrected chi connectivity index (χ4v) is 1.66. The number of halogens is 1. The van der Waals surface area contributed by atoms with Gasteiger partial charge in [0.2, 0.25) is 6.36 Å². The van der Waals surface area contributed by atoms with E-state index in [9.17, 15) is 18.8 Å². The maximum absolute atomic E-state index is 13.6. The molecule has 1 saturated heterocycles. The van der Waals surface area contributed by atoms with Gasteiger partial charge in [0, 0.05) is 20.8 Å².